The minimum absolute atomic E-state index is 0.489. The molecular formula is C15H20O4. The quantitative estimate of drug-likeness (QED) is 0.888. The second kappa shape index (κ2) is 5.51. The molecule has 19 heavy (non-hydrogen) atoms. The Balaban J connectivity index is 2.56. The standard InChI is InChI=1S/C15H20O4/c1-3-19-13-11(7-6-8-12(13)18-2)15(14(16)17)9-4-5-10-15/h6-8H,3-5,9-10H2,1-2H3,(H,16,17). The normalized spacial score (nSPS) is 17.2. The second-order valence-corrected chi connectivity index (χ2v) is 4.86. The van der Waals surface area contributed by atoms with Gasteiger partial charge in [0.1, 0.15) is 0 Å². The Hall–Kier alpha value is -1.71. The molecule has 1 N–H and O–H groups in total. The van der Waals surface area contributed by atoms with Gasteiger partial charge >= 0.3 is 5.97 Å². The summed E-state index contributed by atoms with van der Waals surface area (Å²) in [5.41, 5.74) is -0.0716. The molecule has 1 aromatic rings. The largest absolute Gasteiger partial charge is 0.493 e. The van der Waals surface area contributed by atoms with Crippen LogP contribution in [0.25, 0.3) is 0 Å². The number of methoxy groups -OCH3 is 1. The third-order valence-corrected chi connectivity index (χ3v) is 3.87. The lowest BCUT2D eigenvalue weighted by molar-refractivity contribution is -0.143. The van der Waals surface area contributed by atoms with Gasteiger partial charge in [-0.05, 0) is 25.8 Å². The Morgan fingerprint density at radius 3 is 2.58 bits per heavy atom. The molecule has 0 atom stereocenters. The topological polar surface area (TPSA) is 55.8 Å². The molecule has 0 saturated heterocycles. The number of hydrogen-bond acceptors (Lipinski definition) is 3. The average Bonchev–Trinajstić information content (AvgIpc) is 2.90. The van der Waals surface area contributed by atoms with Crippen LogP contribution >= 0.6 is 0 Å². The minimum atomic E-state index is -0.820. The van der Waals surface area contributed by atoms with E-state index in [4.69, 9.17) is 9.47 Å². The fourth-order valence-corrected chi connectivity index (χ4v) is 2.92. The first-order valence-corrected chi connectivity index (χ1v) is 6.69. The van der Waals surface area contributed by atoms with Crippen molar-refractivity contribution in [1.82, 2.24) is 0 Å². The number of hydrogen-bond donors (Lipinski definition) is 1. The highest BCUT2D eigenvalue weighted by atomic mass is 16.5. The van der Waals surface area contributed by atoms with Gasteiger partial charge in [-0.1, -0.05) is 25.0 Å². The van der Waals surface area contributed by atoms with E-state index in [0.29, 0.717) is 30.9 Å². The smallest absolute Gasteiger partial charge is 0.314 e. The van der Waals surface area contributed by atoms with Crippen molar-refractivity contribution < 1.29 is 19.4 Å². The van der Waals surface area contributed by atoms with Crippen molar-refractivity contribution in [3.8, 4) is 11.5 Å². The van der Waals surface area contributed by atoms with E-state index < -0.39 is 11.4 Å². The molecule has 0 spiro atoms. The van der Waals surface area contributed by atoms with Gasteiger partial charge in [0.2, 0.25) is 0 Å². The summed E-state index contributed by atoms with van der Waals surface area (Å²) < 4.78 is 11.0. The van der Waals surface area contributed by atoms with Crippen LogP contribution in [-0.2, 0) is 10.2 Å². The summed E-state index contributed by atoms with van der Waals surface area (Å²) in [5, 5.41) is 9.68. The molecule has 0 radical (unpaired) electrons. The molecule has 4 nitrogen and oxygen atoms in total. The van der Waals surface area contributed by atoms with Crippen molar-refractivity contribution in [3.05, 3.63) is 23.8 Å². The van der Waals surface area contributed by atoms with E-state index in [0.717, 1.165) is 18.4 Å². The van der Waals surface area contributed by atoms with Crippen LogP contribution in [0.1, 0.15) is 38.2 Å². The van der Waals surface area contributed by atoms with Crippen molar-refractivity contribution in [2.75, 3.05) is 13.7 Å². The van der Waals surface area contributed by atoms with Crippen LogP contribution in [0.5, 0.6) is 11.5 Å². The first-order valence-electron chi connectivity index (χ1n) is 6.69. The van der Waals surface area contributed by atoms with Gasteiger partial charge in [0, 0.05) is 5.56 Å². The minimum Gasteiger partial charge on any atom is -0.493 e. The predicted octanol–water partition coefficient (Wildman–Crippen LogP) is 2.99. The Labute approximate surface area is 113 Å². The third-order valence-electron chi connectivity index (χ3n) is 3.87. The van der Waals surface area contributed by atoms with E-state index in [2.05, 4.69) is 0 Å². The number of ether oxygens (including phenoxy) is 2. The van der Waals surface area contributed by atoms with Crippen LogP contribution in [0.2, 0.25) is 0 Å². The number of benzene rings is 1. The van der Waals surface area contributed by atoms with E-state index in [1.807, 2.05) is 19.1 Å². The number of carboxylic acid groups (broad SMARTS) is 1. The van der Waals surface area contributed by atoms with E-state index >= 15 is 0 Å². The Morgan fingerprint density at radius 1 is 1.37 bits per heavy atom. The molecule has 0 amide bonds. The third kappa shape index (κ3) is 2.27. The molecule has 1 aromatic carbocycles. The van der Waals surface area contributed by atoms with Crippen LogP contribution in [0.15, 0.2) is 18.2 Å². The van der Waals surface area contributed by atoms with E-state index in [-0.39, 0.29) is 0 Å². The molecule has 2 rings (SSSR count). The maximum atomic E-state index is 11.8. The van der Waals surface area contributed by atoms with Gasteiger partial charge in [-0.2, -0.15) is 0 Å². The number of para-hydroxylation sites is 1. The zero-order chi connectivity index (χ0) is 13.9. The molecular weight excluding hydrogens is 244 g/mol. The molecule has 4 heteroatoms. The van der Waals surface area contributed by atoms with Gasteiger partial charge in [-0.15, -0.1) is 0 Å². The maximum Gasteiger partial charge on any atom is 0.314 e. The Kier molecular flexibility index (Phi) is 3.98. The lowest BCUT2D eigenvalue weighted by atomic mass is 9.78. The van der Waals surface area contributed by atoms with E-state index in [1.54, 1.807) is 13.2 Å². The van der Waals surface area contributed by atoms with Crippen LogP contribution in [0.4, 0.5) is 0 Å². The number of carbonyl (C=O) groups is 1. The van der Waals surface area contributed by atoms with Crippen molar-refractivity contribution in [2.45, 2.75) is 38.0 Å². The van der Waals surface area contributed by atoms with Crippen LogP contribution < -0.4 is 9.47 Å². The highest BCUT2D eigenvalue weighted by Crippen LogP contribution is 2.47. The lowest BCUT2D eigenvalue weighted by Crippen LogP contribution is -2.33. The maximum absolute atomic E-state index is 11.8. The van der Waals surface area contributed by atoms with Crippen molar-refractivity contribution in [1.29, 1.82) is 0 Å². The van der Waals surface area contributed by atoms with Gasteiger partial charge in [-0.3, -0.25) is 4.79 Å². The summed E-state index contributed by atoms with van der Waals surface area (Å²) in [7, 11) is 1.57. The number of rotatable bonds is 5. The SMILES string of the molecule is CCOc1c(OC)cccc1C1(C(=O)O)CCCC1. The molecule has 104 valence electrons. The second-order valence-electron chi connectivity index (χ2n) is 4.86. The fraction of sp³-hybridized carbons (Fsp3) is 0.533. The summed E-state index contributed by atoms with van der Waals surface area (Å²) in [4.78, 5) is 11.8. The molecule has 0 heterocycles. The molecule has 0 bridgehead atoms. The lowest BCUT2D eigenvalue weighted by Gasteiger charge is -2.27. The molecule has 1 fully saturated rings. The monoisotopic (exact) mass is 264 g/mol. The van der Waals surface area contributed by atoms with Crippen LogP contribution in [0.3, 0.4) is 0 Å². The zero-order valence-corrected chi connectivity index (χ0v) is 11.4. The van der Waals surface area contributed by atoms with Gasteiger partial charge in [-0.25, -0.2) is 0 Å². The van der Waals surface area contributed by atoms with Gasteiger partial charge in [0.05, 0.1) is 19.1 Å². The van der Waals surface area contributed by atoms with Crippen LogP contribution in [0, 0.1) is 0 Å². The van der Waals surface area contributed by atoms with Crippen molar-refractivity contribution >= 4 is 5.97 Å². The molecule has 1 saturated carbocycles. The summed E-state index contributed by atoms with van der Waals surface area (Å²) >= 11 is 0. The predicted molar refractivity (Wildman–Crippen MR) is 71.9 cm³/mol. The molecule has 1 aliphatic rings. The molecule has 1 aliphatic carbocycles. The summed E-state index contributed by atoms with van der Waals surface area (Å²) in [6.07, 6.45) is 3.20. The van der Waals surface area contributed by atoms with E-state index in [9.17, 15) is 9.90 Å². The highest BCUT2D eigenvalue weighted by molar-refractivity contribution is 5.83. The summed E-state index contributed by atoms with van der Waals surface area (Å²) in [5.74, 6) is 0.419. The highest BCUT2D eigenvalue weighted by Gasteiger charge is 2.45. The Bertz CT molecular complexity index is 461. The first kappa shape index (κ1) is 13.7. The molecule has 0 aliphatic heterocycles. The van der Waals surface area contributed by atoms with Gasteiger partial charge in [0.25, 0.3) is 0 Å². The summed E-state index contributed by atoms with van der Waals surface area (Å²) in [6.45, 7) is 2.38. The van der Waals surface area contributed by atoms with Crippen LogP contribution in [-0.4, -0.2) is 24.8 Å². The van der Waals surface area contributed by atoms with Gasteiger partial charge in [0.15, 0.2) is 11.5 Å². The number of aliphatic carboxylic acids is 1. The van der Waals surface area contributed by atoms with E-state index in [1.165, 1.54) is 0 Å². The first-order chi connectivity index (χ1) is 9.15. The number of carboxylic acids is 1. The molecule has 0 unspecified atom stereocenters. The molecule has 0 aromatic heterocycles. The Morgan fingerprint density at radius 2 is 2.05 bits per heavy atom. The van der Waals surface area contributed by atoms with Crippen molar-refractivity contribution in [3.63, 3.8) is 0 Å². The van der Waals surface area contributed by atoms with Crippen molar-refractivity contribution in [2.24, 2.45) is 0 Å². The van der Waals surface area contributed by atoms with Gasteiger partial charge < -0.3 is 14.6 Å². The zero-order valence-electron chi connectivity index (χ0n) is 11.4. The summed E-state index contributed by atoms with van der Waals surface area (Å²) in [6, 6.07) is 5.49. The fourth-order valence-electron chi connectivity index (χ4n) is 2.92. The average molecular weight is 264 g/mol.